The fraction of sp³-hybridized carbons (Fsp3) is 0.643. The van der Waals surface area contributed by atoms with Gasteiger partial charge in [0.15, 0.2) is 0 Å². The normalized spacial score (nSPS) is 13.2. The Morgan fingerprint density at radius 3 is 2.19 bits per heavy atom. The number of hydrogen-bond acceptors (Lipinski definition) is 5. The third kappa shape index (κ3) is 6.89. The maximum atomic E-state index is 11.3. The summed E-state index contributed by atoms with van der Waals surface area (Å²) in [5.41, 5.74) is -1.21. The van der Waals surface area contributed by atoms with Crippen molar-refractivity contribution in [2.45, 2.75) is 39.0 Å². The van der Waals surface area contributed by atoms with Gasteiger partial charge in [-0.25, -0.2) is 4.79 Å². The van der Waals surface area contributed by atoms with E-state index < -0.39 is 36.4 Å². The molecule has 0 bridgehead atoms. The van der Waals surface area contributed by atoms with E-state index in [1.165, 1.54) is 6.92 Å². The van der Waals surface area contributed by atoms with Gasteiger partial charge in [0.2, 0.25) is 0 Å². The molecular weight excluding hydrogens is 280 g/mol. The molecule has 0 aromatic heterocycles. The number of aliphatic hydroxyl groups is 1. The maximum absolute atomic E-state index is 11.3. The van der Waals surface area contributed by atoms with Gasteiger partial charge in [-0.2, -0.15) is 0 Å². The molecule has 0 aliphatic rings. The molecule has 0 aromatic carbocycles. The highest BCUT2D eigenvalue weighted by Gasteiger charge is 2.39. The first kappa shape index (κ1) is 19.1. The smallest absolute Gasteiger partial charge is 0.333 e. The van der Waals surface area contributed by atoms with Crippen LogP contribution in [0.15, 0.2) is 12.2 Å². The maximum Gasteiger partial charge on any atom is 0.333 e. The van der Waals surface area contributed by atoms with Crippen molar-refractivity contribution >= 4 is 17.9 Å². The van der Waals surface area contributed by atoms with Crippen molar-refractivity contribution in [3.63, 3.8) is 0 Å². The number of carbonyl (C=O) groups is 3. The quantitative estimate of drug-likeness (QED) is 0.298. The van der Waals surface area contributed by atoms with E-state index >= 15 is 0 Å². The van der Waals surface area contributed by atoms with Gasteiger partial charge in [-0.05, 0) is 32.6 Å². The van der Waals surface area contributed by atoms with Gasteiger partial charge in [0.1, 0.15) is 0 Å². The van der Waals surface area contributed by atoms with E-state index in [9.17, 15) is 19.5 Å². The van der Waals surface area contributed by atoms with Crippen molar-refractivity contribution in [3.05, 3.63) is 12.2 Å². The van der Waals surface area contributed by atoms with Crippen molar-refractivity contribution in [2.75, 3.05) is 13.2 Å². The zero-order valence-electron chi connectivity index (χ0n) is 12.1. The molecule has 0 heterocycles. The molecule has 0 spiro atoms. The second-order valence-electron chi connectivity index (χ2n) is 5.00. The van der Waals surface area contributed by atoms with Gasteiger partial charge >= 0.3 is 17.9 Å². The summed E-state index contributed by atoms with van der Waals surface area (Å²) in [5, 5.41) is 27.1. The Labute approximate surface area is 123 Å². The first-order valence-corrected chi connectivity index (χ1v) is 6.64. The summed E-state index contributed by atoms with van der Waals surface area (Å²) in [6, 6.07) is 0. The molecule has 0 radical (unpaired) electrons. The van der Waals surface area contributed by atoms with Gasteiger partial charge in [0.25, 0.3) is 0 Å². The number of ether oxygens (including phenoxy) is 1. The van der Waals surface area contributed by atoms with E-state index in [2.05, 4.69) is 6.58 Å². The van der Waals surface area contributed by atoms with Crippen LogP contribution in [0, 0.1) is 5.41 Å². The summed E-state index contributed by atoms with van der Waals surface area (Å²) in [7, 11) is 0. The Morgan fingerprint density at radius 2 is 1.76 bits per heavy atom. The lowest BCUT2D eigenvalue weighted by atomic mass is 9.77. The van der Waals surface area contributed by atoms with Gasteiger partial charge < -0.3 is 20.1 Å². The highest BCUT2D eigenvalue weighted by atomic mass is 16.5. The number of esters is 1. The molecule has 0 amide bonds. The third-order valence-electron chi connectivity index (χ3n) is 3.16. The van der Waals surface area contributed by atoms with Crippen LogP contribution in [0.3, 0.4) is 0 Å². The van der Waals surface area contributed by atoms with Crippen LogP contribution in [0.2, 0.25) is 0 Å². The summed E-state index contributed by atoms with van der Waals surface area (Å²) in [5.74, 6) is -2.97. The van der Waals surface area contributed by atoms with Crippen LogP contribution in [-0.4, -0.2) is 46.4 Å². The minimum atomic E-state index is -1.49. The van der Waals surface area contributed by atoms with Gasteiger partial charge in [0.05, 0.1) is 18.4 Å². The lowest BCUT2D eigenvalue weighted by Crippen LogP contribution is -2.34. The molecule has 0 aromatic rings. The van der Waals surface area contributed by atoms with Crippen LogP contribution >= 0.6 is 0 Å². The topological polar surface area (TPSA) is 121 Å². The summed E-state index contributed by atoms with van der Waals surface area (Å²) in [4.78, 5) is 33.3. The molecule has 0 aliphatic carbocycles. The summed E-state index contributed by atoms with van der Waals surface area (Å²) in [6.07, 6.45) is 0.219. The average Bonchev–Trinajstić information content (AvgIpc) is 2.36. The lowest BCUT2D eigenvalue weighted by molar-refractivity contribution is -0.157. The van der Waals surface area contributed by atoms with Crippen LogP contribution in [0.1, 0.15) is 39.0 Å². The minimum absolute atomic E-state index is 0.0970. The van der Waals surface area contributed by atoms with Crippen LogP contribution in [0.4, 0.5) is 0 Å². The number of carboxylic acids is 2. The van der Waals surface area contributed by atoms with E-state index in [1.807, 2.05) is 0 Å². The first-order chi connectivity index (χ1) is 9.75. The molecule has 7 nitrogen and oxygen atoms in total. The SMILES string of the molecule is C=C(C)C(=O)OCCCCC(CCO)(CC(=O)O)C(=O)O. The molecule has 0 saturated carbocycles. The highest BCUT2D eigenvalue weighted by molar-refractivity contribution is 5.86. The Morgan fingerprint density at radius 1 is 1.14 bits per heavy atom. The van der Waals surface area contributed by atoms with Crippen LogP contribution < -0.4 is 0 Å². The first-order valence-electron chi connectivity index (χ1n) is 6.64. The predicted octanol–water partition coefficient (Wildman–Crippen LogP) is 1.20. The molecule has 0 saturated heterocycles. The molecule has 120 valence electrons. The van der Waals surface area contributed by atoms with Crippen LogP contribution in [0.25, 0.3) is 0 Å². The van der Waals surface area contributed by atoms with Crippen molar-refractivity contribution in [3.8, 4) is 0 Å². The molecule has 21 heavy (non-hydrogen) atoms. The number of carbonyl (C=O) groups excluding carboxylic acids is 1. The monoisotopic (exact) mass is 302 g/mol. The van der Waals surface area contributed by atoms with Gasteiger partial charge in [-0.1, -0.05) is 6.58 Å². The Balaban J connectivity index is 4.42. The van der Waals surface area contributed by atoms with E-state index in [4.69, 9.17) is 14.9 Å². The van der Waals surface area contributed by atoms with Crippen molar-refractivity contribution in [1.29, 1.82) is 0 Å². The number of rotatable bonds is 11. The largest absolute Gasteiger partial charge is 0.481 e. The Bertz CT molecular complexity index is 402. The van der Waals surface area contributed by atoms with E-state index in [0.29, 0.717) is 12.8 Å². The lowest BCUT2D eigenvalue weighted by Gasteiger charge is -2.27. The third-order valence-corrected chi connectivity index (χ3v) is 3.16. The molecule has 0 aliphatic heterocycles. The summed E-state index contributed by atoms with van der Waals surface area (Å²) >= 11 is 0. The van der Waals surface area contributed by atoms with E-state index in [0.717, 1.165) is 0 Å². The predicted molar refractivity (Wildman–Crippen MR) is 73.6 cm³/mol. The summed E-state index contributed by atoms with van der Waals surface area (Å²) in [6.45, 7) is 4.67. The molecular formula is C14H22O7. The molecule has 1 atom stereocenters. The molecule has 3 N–H and O–H groups in total. The molecule has 0 rings (SSSR count). The number of unbranched alkanes of at least 4 members (excludes halogenated alkanes) is 1. The Hall–Kier alpha value is -1.89. The fourth-order valence-electron chi connectivity index (χ4n) is 1.95. The average molecular weight is 302 g/mol. The van der Waals surface area contributed by atoms with E-state index in [1.54, 1.807) is 0 Å². The molecule has 1 unspecified atom stereocenters. The minimum Gasteiger partial charge on any atom is -0.481 e. The van der Waals surface area contributed by atoms with Crippen LogP contribution in [-0.2, 0) is 19.1 Å². The van der Waals surface area contributed by atoms with Gasteiger partial charge in [-0.15, -0.1) is 0 Å². The van der Waals surface area contributed by atoms with Gasteiger partial charge in [0, 0.05) is 12.2 Å². The van der Waals surface area contributed by atoms with Crippen LogP contribution in [0.5, 0.6) is 0 Å². The second-order valence-corrected chi connectivity index (χ2v) is 5.00. The molecule has 7 heteroatoms. The standard InChI is InChI=1S/C14H22O7/c1-10(2)12(18)21-8-4-3-5-14(6-7-15,13(19)20)9-11(16)17/h15H,1,3-9H2,2H3,(H,16,17)(H,19,20). The van der Waals surface area contributed by atoms with Crippen molar-refractivity contribution in [1.82, 2.24) is 0 Å². The van der Waals surface area contributed by atoms with Crippen molar-refractivity contribution < 1.29 is 34.4 Å². The second kappa shape index (κ2) is 9.12. The number of hydrogen-bond donors (Lipinski definition) is 3. The Kier molecular flexibility index (Phi) is 8.30. The summed E-state index contributed by atoms with van der Waals surface area (Å²) < 4.78 is 4.87. The number of aliphatic carboxylic acids is 2. The molecule has 0 fully saturated rings. The van der Waals surface area contributed by atoms with Gasteiger partial charge in [-0.3, -0.25) is 9.59 Å². The number of carboxylic acid groups (broad SMARTS) is 2. The zero-order valence-corrected chi connectivity index (χ0v) is 12.1. The van der Waals surface area contributed by atoms with Crippen molar-refractivity contribution in [2.24, 2.45) is 5.41 Å². The van der Waals surface area contributed by atoms with E-state index in [-0.39, 0.29) is 25.0 Å². The number of aliphatic hydroxyl groups excluding tert-OH is 1. The highest BCUT2D eigenvalue weighted by Crippen LogP contribution is 2.33. The zero-order chi connectivity index (χ0) is 16.5. The fourth-order valence-corrected chi connectivity index (χ4v) is 1.95.